The van der Waals surface area contributed by atoms with Gasteiger partial charge in [0.15, 0.2) is 5.96 Å². The third kappa shape index (κ3) is 5.19. The summed E-state index contributed by atoms with van der Waals surface area (Å²) in [5, 5.41) is 6.43. The number of aromatic nitrogens is 1. The Morgan fingerprint density at radius 1 is 1.38 bits per heavy atom. The Labute approximate surface area is 159 Å². The van der Waals surface area contributed by atoms with Gasteiger partial charge in [-0.3, -0.25) is 9.89 Å². The Morgan fingerprint density at radius 2 is 2.15 bits per heavy atom. The highest BCUT2D eigenvalue weighted by Crippen LogP contribution is 2.23. The predicted octanol–water partition coefficient (Wildman–Crippen LogP) is 3.10. The van der Waals surface area contributed by atoms with E-state index in [-0.39, 0.29) is 0 Å². The third-order valence-corrected chi connectivity index (χ3v) is 5.47. The average Bonchev–Trinajstić information content (AvgIpc) is 3.06. The number of aryl methyl sites for hydroxylation is 1. The van der Waals surface area contributed by atoms with Crippen molar-refractivity contribution in [2.45, 2.75) is 26.3 Å². The molecule has 6 nitrogen and oxygen atoms in total. The molecule has 7 heteroatoms. The average molecular weight is 374 g/mol. The molecule has 140 valence electrons. The lowest BCUT2D eigenvalue weighted by atomic mass is 9.97. The maximum Gasteiger partial charge on any atom is 0.193 e. The molecule has 1 aliphatic heterocycles. The normalized spacial score (nSPS) is 16.6. The number of piperidine rings is 1. The highest BCUT2D eigenvalue weighted by atomic mass is 32.1. The zero-order valence-electron chi connectivity index (χ0n) is 15.4. The van der Waals surface area contributed by atoms with Crippen LogP contribution in [0.3, 0.4) is 0 Å². The molecule has 1 fully saturated rings. The summed E-state index contributed by atoms with van der Waals surface area (Å²) in [5.41, 5.74) is 8.07. The molecular formula is C19H27N5OS. The Hall–Kier alpha value is -2.12. The number of hydrogen-bond donors (Lipinski definition) is 2. The number of rotatable bonds is 6. The van der Waals surface area contributed by atoms with Crippen LogP contribution in [0.5, 0.6) is 5.75 Å². The quantitative estimate of drug-likeness (QED) is 0.601. The van der Waals surface area contributed by atoms with E-state index in [1.165, 1.54) is 5.69 Å². The first-order valence-electron chi connectivity index (χ1n) is 8.97. The fourth-order valence-corrected chi connectivity index (χ4v) is 3.79. The van der Waals surface area contributed by atoms with Crippen LogP contribution >= 0.6 is 11.3 Å². The van der Waals surface area contributed by atoms with Crippen LogP contribution in [-0.2, 0) is 6.54 Å². The fraction of sp³-hybridized carbons (Fsp3) is 0.474. The largest absolute Gasteiger partial charge is 0.495 e. The first kappa shape index (κ1) is 18.7. The first-order valence-corrected chi connectivity index (χ1v) is 9.85. The van der Waals surface area contributed by atoms with Crippen molar-refractivity contribution in [3.63, 3.8) is 0 Å². The van der Waals surface area contributed by atoms with Crippen molar-refractivity contribution in [2.75, 3.05) is 32.1 Å². The van der Waals surface area contributed by atoms with Gasteiger partial charge in [0.05, 0.1) is 23.5 Å². The van der Waals surface area contributed by atoms with Crippen LogP contribution in [0, 0.1) is 12.8 Å². The summed E-state index contributed by atoms with van der Waals surface area (Å²) in [7, 11) is 1.65. The standard InChI is InChI=1S/C19H27N5OS/c1-14-22-16(13-26-14)12-24-9-7-15(8-10-24)11-21-19(20)23-17-5-3-4-6-18(17)25-2/h3-6,13,15H,7-12H2,1-2H3,(H3,20,21,23). The minimum atomic E-state index is 0.440. The van der Waals surface area contributed by atoms with Crippen molar-refractivity contribution in [2.24, 2.45) is 16.6 Å². The topological polar surface area (TPSA) is 75.8 Å². The number of hydrogen-bond acceptors (Lipinski definition) is 5. The highest BCUT2D eigenvalue weighted by molar-refractivity contribution is 7.09. The lowest BCUT2D eigenvalue weighted by molar-refractivity contribution is 0.179. The maximum absolute atomic E-state index is 6.04. The van der Waals surface area contributed by atoms with E-state index in [1.807, 2.05) is 24.3 Å². The summed E-state index contributed by atoms with van der Waals surface area (Å²) in [6, 6.07) is 7.70. The molecule has 0 radical (unpaired) electrons. The molecule has 1 aromatic carbocycles. The maximum atomic E-state index is 6.04. The number of aliphatic imine (C=N–C) groups is 1. The Kier molecular flexibility index (Phi) is 6.46. The molecule has 26 heavy (non-hydrogen) atoms. The van der Waals surface area contributed by atoms with Crippen LogP contribution in [0.25, 0.3) is 0 Å². The van der Waals surface area contributed by atoms with E-state index < -0.39 is 0 Å². The predicted molar refractivity (Wildman–Crippen MR) is 108 cm³/mol. The van der Waals surface area contributed by atoms with Crippen molar-refractivity contribution >= 4 is 23.0 Å². The molecular weight excluding hydrogens is 346 g/mol. The summed E-state index contributed by atoms with van der Waals surface area (Å²) in [6.07, 6.45) is 2.29. The first-order chi connectivity index (χ1) is 12.6. The SMILES string of the molecule is COc1ccccc1NC(N)=NCC1CCN(Cc2csc(C)n2)CC1. The van der Waals surface area contributed by atoms with Crippen molar-refractivity contribution < 1.29 is 4.74 Å². The van der Waals surface area contributed by atoms with Crippen molar-refractivity contribution in [1.82, 2.24) is 9.88 Å². The molecule has 1 aliphatic rings. The van der Waals surface area contributed by atoms with Gasteiger partial charge in [-0.25, -0.2) is 4.98 Å². The van der Waals surface area contributed by atoms with E-state index in [0.717, 1.165) is 55.5 Å². The fourth-order valence-electron chi connectivity index (χ4n) is 3.19. The lowest BCUT2D eigenvalue weighted by Crippen LogP contribution is -2.34. The molecule has 0 saturated carbocycles. The smallest absolute Gasteiger partial charge is 0.193 e. The lowest BCUT2D eigenvalue weighted by Gasteiger charge is -2.30. The molecule has 0 unspecified atom stereocenters. The van der Waals surface area contributed by atoms with Crippen LogP contribution < -0.4 is 15.8 Å². The van der Waals surface area contributed by atoms with Gasteiger partial charge in [-0.15, -0.1) is 11.3 Å². The number of nitrogens with two attached hydrogens (primary N) is 1. The Balaban J connectivity index is 1.44. The van der Waals surface area contributed by atoms with E-state index >= 15 is 0 Å². The summed E-state index contributed by atoms with van der Waals surface area (Å²) < 4.78 is 5.32. The molecule has 1 aromatic heterocycles. The number of anilines is 1. The van der Waals surface area contributed by atoms with Crippen molar-refractivity contribution in [1.29, 1.82) is 0 Å². The number of nitrogens with zero attached hydrogens (tertiary/aromatic N) is 3. The molecule has 0 bridgehead atoms. The Bertz CT molecular complexity index is 737. The number of para-hydroxylation sites is 2. The summed E-state index contributed by atoms with van der Waals surface area (Å²) in [5.74, 6) is 1.78. The van der Waals surface area contributed by atoms with Gasteiger partial charge in [-0.05, 0) is 50.9 Å². The second kappa shape index (κ2) is 9.00. The number of ether oxygens (including phenoxy) is 1. The van der Waals surface area contributed by atoms with Crippen LogP contribution in [0.4, 0.5) is 5.69 Å². The number of nitrogens with one attached hydrogen (secondary N) is 1. The van der Waals surface area contributed by atoms with Gasteiger partial charge >= 0.3 is 0 Å². The number of benzene rings is 1. The summed E-state index contributed by atoms with van der Waals surface area (Å²) >= 11 is 1.72. The van der Waals surface area contributed by atoms with Gasteiger partial charge in [0, 0.05) is 18.5 Å². The molecule has 0 atom stereocenters. The molecule has 3 N–H and O–H groups in total. The van der Waals surface area contributed by atoms with Gasteiger partial charge in [0.25, 0.3) is 0 Å². The minimum absolute atomic E-state index is 0.440. The van der Waals surface area contributed by atoms with Gasteiger partial charge in [-0.2, -0.15) is 0 Å². The molecule has 0 aliphatic carbocycles. The van der Waals surface area contributed by atoms with E-state index in [9.17, 15) is 0 Å². The number of likely N-dealkylation sites (tertiary alicyclic amines) is 1. The second-order valence-electron chi connectivity index (χ2n) is 6.63. The van der Waals surface area contributed by atoms with Gasteiger partial charge in [0.2, 0.25) is 0 Å². The minimum Gasteiger partial charge on any atom is -0.495 e. The summed E-state index contributed by atoms with van der Waals surface area (Å²) in [6.45, 7) is 5.96. The van der Waals surface area contributed by atoms with E-state index in [4.69, 9.17) is 10.5 Å². The molecule has 0 amide bonds. The zero-order chi connectivity index (χ0) is 18.4. The van der Waals surface area contributed by atoms with Gasteiger partial charge in [-0.1, -0.05) is 12.1 Å². The molecule has 0 spiro atoms. The third-order valence-electron chi connectivity index (χ3n) is 4.65. The molecule has 2 aromatic rings. The molecule has 1 saturated heterocycles. The van der Waals surface area contributed by atoms with Crippen LogP contribution in [0.1, 0.15) is 23.5 Å². The van der Waals surface area contributed by atoms with Gasteiger partial charge in [0.1, 0.15) is 5.75 Å². The zero-order valence-corrected chi connectivity index (χ0v) is 16.3. The van der Waals surface area contributed by atoms with E-state index in [0.29, 0.717) is 11.9 Å². The molecule has 3 rings (SSSR count). The van der Waals surface area contributed by atoms with Crippen molar-refractivity contribution in [3.05, 3.63) is 40.3 Å². The van der Waals surface area contributed by atoms with Crippen LogP contribution in [0.2, 0.25) is 0 Å². The number of thiazole rings is 1. The molecule has 2 heterocycles. The second-order valence-corrected chi connectivity index (χ2v) is 7.69. The van der Waals surface area contributed by atoms with Gasteiger partial charge < -0.3 is 15.8 Å². The monoisotopic (exact) mass is 373 g/mol. The van der Waals surface area contributed by atoms with E-state index in [2.05, 4.69) is 32.5 Å². The number of guanidine groups is 1. The summed E-state index contributed by atoms with van der Waals surface area (Å²) in [4.78, 5) is 11.6. The van der Waals surface area contributed by atoms with Crippen LogP contribution in [0.15, 0.2) is 34.6 Å². The Morgan fingerprint density at radius 3 is 2.85 bits per heavy atom. The number of methoxy groups -OCH3 is 1. The highest BCUT2D eigenvalue weighted by Gasteiger charge is 2.19. The van der Waals surface area contributed by atoms with Crippen LogP contribution in [-0.4, -0.2) is 42.6 Å². The van der Waals surface area contributed by atoms with E-state index in [1.54, 1.807) is 18.4 Å². The van der Waals surface area contributed by atoms with Crippen molar-refractivity contribution in [3.8, 4) is 5.75 Å².